The van der Waals surface area contributed by atoms with Gasteiger partial charge in [0.25, 0.3) is 0 Å². The first-order valence-corrected chi connectivity index (χ1v) is 8.70. The standard InChI is InChI=1S/C21H25N3O/c1-14(11-17-9-10-18-7-5-6-8-19(18)12-17)22-21(25)13-20-15(2)23-24(4)16(20)3/h5-10,12,14H,11,13H2,1-4H3,(H,22,25). The Bertz CT molecular complexity index is 911. The minimum Gasteiger partial charge on any atom is -0.353 e. The van der Waals surface area contributed by atoms with Gasteiger partial charge in [0.1, 0.15) is 0 Å². The van der Waals surface area contributed by atoms with Crippen molar-refractivity contribution in [2.45, 2.75) is 39.7 Å². The fraction of sp³-hybridized carbons (Fsp3) is 0.333. The molecule has 1 aromatic heterocycles. The summed E-state index contributed by atoms with van der Waals surface area (Å²) in [6.07, 6.45) is 1.20. The van der Waals surface area contributed by atoms with E-state index in [0.29, 0.717) is 6.42 Å². The van der Waals surface area contributed by atoms with E-state index in [4.69, 9.17) is 0 Å². The summed E-state index contributed by atoms with van der Waals surface area (Å²) in [7, 11) is 1.91. The van der Waals surface area contributed by atoms with Crippen LogP contribution in [0.2, 0.25) is 0 Å². The molecule has 1 heterocycles. The number of nitrogens with zero attached hydrogens (tertiary/aromatic N) is 2. The molecule has 3 rings (SSSR count). The maximum atomic E-state index is 12.4. The highest BCUT2D eigenvalue weighted by atomic mass is 16.1. The number of nitrogens with one attached hydrogen (secondary N) is 1. The van der Waals surface area contributed by atoms with E-state index in [0.717, 1.165) is 23.4 Å². The Morgan fingerprint density at radius 3 is 2.56 bits per heavy atom. The molecule has 0 aliphatic rings. The Labute approximate surface area is 148 Å². The second-order valence-corrected chi connectivity index (χ2v) is 6.80. The molecule has 25 heavy (non-hydrogen) atoms. The van der Waals surface area contributed by atoms with Crippen LogP contribution in [-0.2, 0) is 24.7 Å². The second-order valence-electron chi connectivity index (χ2n) is 6.80. The van der Waals surface area contributed by atoms with Crippen LogP contribution in [0.5, 0.6) is 0 Å². The smallest absolute Gasteiger partial charge is 0.224 e. The monoisotopic (exact) mass is 335 g/mol. The zero-order valence-corrected chi connectivity index (χ0v) is 15.3. The molecular formula is C21H25N3O. The Morgan fingerprint density at radius 1 is 1.16 bits per heavy atom. The van der Waals surface area contributed by atoms with Gasteiger partial charge in [-0.2, -0.15) is 5.10 Å². The molecule has 4 nitrogen and oxygen atoms in total. The molecule has 0 radical (unpaired) electrons. The second kappa shape index (κ2) is 7.09. The fourth-order valence-electron chi connectivity index (χ4n) is 3.33. The number of rotatable bonds is 5. The van der Waals surface area contributed by atoms with Crippen LogP contribution in [-0.4, -0.2) is 21.7 Å². The van der Waals surface area contributed by atoms with Gasteiger partial charge in [0.15, 0.2) is 0 Å². The van der Waals surface area contributed by atoms with Crippen molar-refractivity contribution in [3.63, 3.8) is 0 Å². The van der Waals surface area contributed by atoms with E-state index in [1.54, 1.807) is 0 Å². The number of benzene rings is 2. The van der Waals surface area contributed by atoms with Crippen LogP contribution < -0.4 is 5.32 Å². The van der Waals surface area contributed by atoms with E-state index in [-0.39, 0.29) is 11.9 Å². The first kappa shape index (κ1) is 17.2. The van der Waals surface area contributed by atoms with Gasteiger partial charge in [0.05, 0.1) is 12.1 Å². The van der Waals surface area contributed by atoms with Gasteiger partial charge in [0, 0.05) is 24.3 Å². The number of hydrogen-bond donors (Lipinski definition) is 1. The van der Waals surface area contributed by atoms with E-state index >= 15 is 0 Å². The van der Waals surface area contributed by atoms with Crippen molar-refractivity contribution < 1.29 is 4.79 Å². The van der Waals surface area contributed by atoms with Crippen LogP contribution in [0.15, 0.2) is 42.5 Å². The van der Waals surface area contributed by atoms with E-state index in [1.165, 1.54) is 16.3 Å². The summed E-state index contributed by atoms with van der Waals surface area (Å²) in [4.78, 5) is 12.4. The molecule has 0 saturated carbocycles. The van der Waals surface area contributed by atoms with Crippen LogP contribution in [0.1, 0.15) is 29.4 Å². The normalized spacial score (nSPS) is 12.3. The van der Waals surface area contributed by atoms with Crippen molar-refractivity contribution in [2.24, 2.45) is 7.05 Å². The molecule has 1 N–H and O–H groups in total. The molecule has 0 spiro atoms. The Morgan fingerprint density at radius 2 is 1.88 bits per heavy atom. The van der Waals surface area contributed by atoms with Crippen molar-refractivity contribution in [2.75, 3.05) is 0 Å². The zero-order valence-electron chi connectivity index (χ0n) is 15.3. The van der Waals surface area contributed by atoms with Crippen LogP contribution in [0.3, 0.4) is 0 Å². The Kier molecular flexibility index (Phi) is 4.88. The number of aryl methyl sites for hydroxylation is 2. The molecular weight excluding hydrogens is 310 g/mol. The first-order valence-electron chi connectivity index (χ1n) is 8.70. The molecule has 0 bridgehead atoms. The fourth-order valence-corrected chi connectivity index (χ4v) is 3.33. The number of hydrogen-bond acceptors (Lipinski definition) is 2. The van der Waals surface area contributed by atoms with Crippen LogP contribution in [0.25, 0.3) is 10.8 Å². The summed E-state index contributed by atoms with van der Waals surface area (Å²) in [6, 6.07) is 14.9. The predicted octanol–water partition coefficient (Wildman–Crippen LogP) is 3.48. The van der Waals surface area contributed by atoms with Crippen LogP contribution >= 0.6 is 0 Å². The summed E-state index contributed by atoms with van der Waals surface area (Å²) in [6.45, 7) is 6.01. The molecule has 0 saturated heterocycles. The maximum absolute atomic E-state index is 12.4. The van der Waals surface area contributed by atoms with Crippen molar-refractivity contribution in [1.29, 1.82) is 0 Å². The third-order valence-electron chi connectivity index (χ3n) is 4.76. The molecule has 1 unspecified atom stereocenters. The number of aromatic nitrogens is 2. The molecule has 130 valence electrons. The minimum absolute atomic E-state index is 0.0486. The average molecular weight is 335 g/mol. The number of carbonyl (C=O) groups is 1. The summed E-state index contributed by atoms with van der Waals surface area (Å²) in [5.74, 6) is 0.0486. The molecule has 3 aromatic rings. The lowest BCUT2D eigenvalue weighted by Gasteiger charge is -2.15. The molecule has 1 amide bonds. The summed E-state index contributed by atoms with van der Waals surface area (Å²) >= 11 is 0. The van der Waals surface area contributed by atoms with Gasteiger partial charge in [-0.3, -0.25) is 9.48 Å². The van der Waals surface area contributed by atoms with Crippen LogP contribution in [0, 0.1) is 13.8 Å². The average Bonchev–Trinajstić information content (AvgIpc) is 2.81. The van der Waals surface area contributed by atoms with Crippen molar-refractivity contribution in [3.8, 4) is 0 Å². The van der Waals surface area contributed by atoms with E-state index in [1.807, 2.05) is 31.6 Å². The van der Waals surface area contributed by atoms with Gasteiger partial charge in [0.2, 0.25) is 5.91 Å². The molecule has 1 atom stereocenters. The largest absolute Gasteiger partial charge is 0.353 e. The predicted molar refractivity (Wildman–Crippen MR) is 102 cm³/mol. The van der Waals surface area contributed by atoms with Crippen molar-refractivity contribution in [1.82, 2.24) is 15.1 Å². The van der Waals surface area contributed by atoms with Gasteiger partial charge in [-0.1, -0.05) is 42.5 Å². The Balaban J connectivity index is 1.63. The van der Waals surface area contributed by atoms with E-state index in [2.05, 4.69) is 53.7 Å². The molecule has 0 aliphatic heterocycles. The quantitative estimate of drug-likeness (QED) is 0.776. The zero-order chi connectivity index (χ0) is 18.0. The maximum Gasteiger partial charge on any atom is 0.224 e. The number of fused-ring (bicyclic) bond motifs is 1. The third kappa shape index (κ3) is 3.90. The third-order valence-corrected chi connectivity index (χ3v) is 4.76. The van der Waals surface area contributed by atoms with Crippen molar-refractivity contribution in [3.05, 3.63) is 65.0 Å². The number of amides is 1. The van der Waals surface area contributed by atoms with Gasteiger partial charge in [-0.05, 0) is 43.5 Å². The molecule has 0 aliphatic carbocycles. The van der Waals surface area contributed by atoms with E-state index < -0.39 is 0 Å². The van der Waals surface area contributed by atoms with Gasteiger partial charge >= 0.3 is 0 Å². The van der Waals surface area contributed by atoms with Crippen LogP contribution in [0.4, 0.5) is 0 Å². The summed E-state index contributed by atoms with van der Waals surface area (Å²) in [5, 5.41) is 9.97. The summed E-state index contributed by atoms with van der Waals surface area (Å²) in [5.41, 5.74) is 4.24. The molecule has 4 heteroatoms. The SMILES string of the molecule is Cc1nn(C)c(C)c1CC(=O)NC(C)Cc1ccc2ccccc2c1. The lowest BCUT2D eigenvalue weighted by atomic mass is 10.0. The molecule has 2 aromatic carbocycles. The molecule has 0 fully saturated rings. The highest BCUT2D eigenvalue weighted by Crippen LogP contribution is 2.17. The Hall–Kier alpha value is -2.62. The van der Waals surface area contributed by atoms with Gasteiger partial charge in [-0.25, -0.2) is 0 Å². The summed E-state index contributed by atoms with van der Waals surface area (Å²) < 4.78 is 1.83. The number of carbonyl (C=O) groups excluding carboxylic acids is 1. The minimum atomic E-state index is 0.0486. The highest BCUT2D eigenvalue weighted by Gasteiger charge is 2.15. The first-order chi connectivity index (χ1) is 11.9. The lowest BCUT2D eigenvalue weighted by Crippen LogP contribution is -2.35. The lowest BCUT2D eigenvalue weighted by molar-refractivity contribution is -0.121. The van der Waals surface area contributed by atoms with E-state index in [9.17, 15) is 4.79 Å². The van der Waals surface area contributed by atoms with Gasteiger partial charge < -0.3 is 5.32 Å². The van der Waals surface area contributed by atoms with Gasteiger partial charge in [-0.15, -0.1) is 0 Å². The topological polar surface area (TPSA) is 46.9 Å². The van der Waals surface area contributed by atoms with Crippen molar-refractivity contribution >= 4 is 16.7 Å². The highest BCUT2D eigenvalue weighted by molar-refractivity contribution is 5.83.